The minimum absolute atomic E-state index is 0.0781. The number of rotatable bonds is 7. The van der Waals surface area contributed by atoms with E-state index in [0.29, 0.717) is 28.8 Å². The molecule has 1 atom stereocenters. The third-order valence-electron chi connectivity index (χ3n) is 4.21. The summed E-state index contributed by atoms with van der Waals surface area (Å²) in [6, 6.07) is 7.83. The number of aliphatic hydroxyl groups excluding tert-OH is 1. The lowest BCUT2D eigenvalue weighted by atomic mass is 9.96. The second kappa shape index (κ2) is 7.70. The van der Waals surface area contributed by atoms with Gasteiger partial charge in [0.2, 0.25) is 0 Å². The number of nitriles is 1. The molecule has 2 rings (SSSR count). The van der Waals surface area contributed by atoms with Gasteiger partial charge in [0.15, 0.2) is 0 Å². The van der Waals surface area contributed by atoms with E-state index in [0.717, 1.165) is 12.8 Å². The van der Waals surface area contributed by atoms with Crippen molar-refractivity contribution in [3.63, 3.8) is 0 Å². The van der Waals surface area contributed by atoms with Crippen molar-refractivity contribution in [1.82, 2.24) is 4.98 Å². The van der Waals surface area contributed by atoms with E-state index in [1.165, 1.54) is 18.2 Å². The van der Waals surface area contributed by atoms with Crippen molar-refractivity contribution < 1.29 is 10.0 Å². The van der Waals surface area contributed by atoms with E-state index in [4.69, 9.17) is 0 Å². The Labute approximate surface area is 140 Å². The molecule has 0 saturated carbocycles. The molecule has 1 unspecified atom stereocenters. The fourth-order valence-electron chi connectivity index (χ4n) is 2.72. The minimum atomic E-state index is -0.501. The first kappa shape index (κ1) is 17.6. The van der Waals surface area contributed by atoms with Crippen LogP contribution in [-0.4, -0.2) is 27.7 Å². The number of non-ortho nitro benzene ring substituents is 1. The number of pyridine rings is 1. The van der Waals surface area contributed by atoms with Crippen LogP contribution in [0.4, 0.5) is 11.5 Å². The van der Waals surface area contributed by atoms with Crippen LogP contribution in [0.15, 0.2) is 24.3 Å². The topological polar surface area (TPSA) is 112 Å². The molecule has 126 valence electrons. The highest BCUT2D eigenvalue weighted by Crippen LogP contribution is 2.25. The van der Waals surface area contributed by atoms with E-state index in [2.05, 4.69) is 10.3 Å². The summed E-state index contributed by atoms with van der Waals surface area (Å²) in [4.78, 5) is 14.7. The minimum Gasteiger partial charge on any atom is -0.391 e. The van der Waals surface area contributed by atoms with Crippen LogP contribution in [0.5, 0.6) is 0 Å². The van der Waals surface area contributed by atoms with E-state index in [9.17, 15) is 20.5 Å². The van der Waals surface area contributed by atoms with E-state index < -0.39 is 11.0 Å². The zero-order valence-corrected chi connectivity index (χ0v) is 13.7. The van der Waals surface area contributed by atoms with Gasteiger partial charge in [-0.15, -0.1) is 0 Å². The molecule has 0 bridgehead atoms. The van der Waals surface area contributed by atoms with Gasteiger partial charge in [0.25, 0.3) is 5.69 Å². The Morgan fingerprint density at radius 1 is 1.38 bits per heavy atom. The number of nitro benzene ring substituents is 1. The summed E-state index contributed by atoms with van der Waals surface area (Å²) >= 11 is 0. The van der Waals surface area contributed by atoms with Crippen LogP contribution in [0, 0.1) is 27.4 Å². The standard InChI is InChI=1S/C17H20N4O3/c1-3-11(4-2)16(22)10-19-17-7-12(9-18)14-8-13(21(23)24)5-6-15(14)20-17/h5-8,11,16,22H,3-4,10H2,1-2H3,(H,19,20). The lowest BCUT2D eigenvalue weighted by Crippen LogP contribution is -2.28. The smallest absolute Gasteiger partial charge is 0.270 e. The number of aliphatic hydroxyl groups is 1. The van der Waals surface area contributed by atoms with Gasteiger partial charge in [-0.2, -0.15) is 5.26 Å². The zero-order chi connectivity index (χ0) is 17.7. The van der Waals surface area contributed by atoms with Crippen molar-refractivity contribution in [2.24, 2.45) is 5.92 Å². The van der Waals surface area contributed by atoms with Crippen LogP contribution in [0.1, 0.15) is 32.3 Å². The van der Waals surface area contributed by atoms with Crippen molar-refractivity contribution in [2.75, 3.05) is 11.9 Å². The van der Waals surface area contributed by atoms with E-state index in [1.807, 2.05) is 19.9 Å². The van der Waals surface area contributed by atoms with Crippen molar-refractivity contribution >= 4 is 22.4 Å². The fraction of sp³-hybridized carbons (Fsp3) is 0.412. The Balaban J connectivity index is 2.28. The monoisotopic (exact) mass is 328 g/mol. The first-order valence-electron chi connectivity index (χ1n) is 7.91. The third kappa shape index (κ3) is 3.78. The number of nitrogens with one attached hydrogen (secondary N) is 1. The zero-order valence-electron chi connectivity index (χ0n) is 13.7. The normalized spacial score (nSPS) is 12.1. The van der Waals surface area contributed by atoms with Crippen molar-refractivity contribution in [3.8, 4) is 6.07 Å². The molecule has 0 saturated heterocycles. The number of hydrogen-bond acceptors (Lipinski definition) is 6. The molecule has 2 aromatic rings. The third-order valence-corrected chi connectivity index (χ3v) is 4.21. The van der Waals surface area contributed by atoms with Crippen LogP contribution in [-0.2, 0) is 0 Å². The molecule has 0 spiro atoms. The molecule has 0 aliphatic carbocycles. The summed E-state index contributed by atoms with van der Waals surface area (Å²) in [6.07, 6.45) is 1.27. The number of fused-ring (bicyclic) bond motifs is 1. The predicted octanol–water partition coefficient (Wildman–Crippen LogP) is 3.22. The van der Waals surface area contributed by atoms with Gasteiger partial charge in [-0.05, 0) is 18.1 Å². The molecule has 0 aliphatic heterocycles. The van der Waals surface area contributed by atoms with Crippen molar-refractivity contribution in [3.05, 3.63) is 39.9 Å². The molecule has 0 aliphatic rings. The molecule has 0 fully saturated rings. The van der Waals surface area contributed by atoms with Crippen LogP contribution in [0.2, 0.25) is 0 Å². The summed E-state index contributed by atoms with van der Waals surface area (Å²) in [7, 11) is 0. The Hall–Kier alpha value is -2.72. The maximum atomic E-state index is 10.9. The number of anilines is 1. The summed E-state index contributed by atoms with van der Waals surface area (Å²) < 4.78 is 0. The Morgan fingerprint density at radius 3 is 2.67 bits per heavy atom. The molecular formula is C17H20N4O3. The number of hydrogen-bond donors (Lipinski definition) is 2. The number of nitro groups is 1. The molecule has 1 aromatic carbocycles. The average Bonchev–Trinajstić information content (AvgIpc) is 2.59. The SMILES string of the molecule is CCC(CC)C(O)CNc1cc(C#N)c2cc([N+](=O)[O-])ccc2n1. The fourth-order valence-corrected chi connectivity index (χ4v) is 2.72. The van der Waals surface area contributed by atoms with Gasteiger partial charge in [-0.3, -0.25) is 10.1 Å². The first-order chi connectivity index (χ1) is 11.5. The lowest BCUT2D eigenvalue weighted by molar-refractivity contribution is -0.384. The highest BCUT2D eigenvalue weighted by atomic mass is 16.6. The molecule has 7 nitrogen and oxygen atoms in total. The summed E-state index contributed by atoms with van der Waals surface area (Å²) in [5.41, 5.74) is 0.730. The van der Waals surface area contributed by atoms with E-state index >= 15 is 0 Å². The molecule has 1 heterocycles. The molecular weight excluding hydrogens is 308 g/mol. The number of nitrogens with zero attached hydrogens (tertiary/aromatic N) is 3. The number of benzene rings is 1. The molecule has 1 aromatic heterocycles. The Morgan fingerprint density at radius 2 is 2.08 bits per heavy atom. The van der Waals surface area contributed by atoms with E-state index in [1.54, 1.807) is 6.07 Å². The summed E-state index contributed by atoms with van der Waals surface area (Å²) in [5.74, 6) is 0.675. The first-order valence-corrected chi connectivity index (χ1v) is 7.91. The molecule has 7 heteroatoms. The summed E-state index contributed by atoms with van der Waals surface area (Å²) in [6.45, 7) is 4.40. The van der Waals surface area contributed by atoms with Gasteiger partial charge < -0.3 is 10.4 Å². The average molecular weight is 328 g/mol. The van der Waals surface area contributed by atoms with E-state index in [-0.39, 0.29) is 11.6 Å². The lowest BCUT2D eigenvalue weighted by Gasteiger charge is -2.20. The summed E-state index contributed by atoms with van der Waals surface area (Å²) in [5, 5.41) is 33.8. The molecule has 0 amide bonds. The van der Waals surface area contributed by atoms with Crippen LogP contribution in [0.3, 0.4) is 0 Å². The quantitative estimate of drug-likeness (QED) is 0.596. The Bertz CT molecular complexity index is 781. The highest BCUT2D eigenvalue weighted by molar-refractivity contribution is 5.88. The van der Waals surface area contributed by atoms with Crippen molar-refractivity contribution in [2.45, 2.75) is 32.8 Å². The maximum Gasteiger partial charge on any atom is 0.270 e. The van der Waals surface area contributed by atoms with Crippen LogP contribution >= 0.6 is 0 Å². The maximum absolute atomic E-state index is 10.9. The van der Waals surface area contributed by atoms with Gasteiger partial charge in [0, 0.05) is 24.1 Å². The van der Waals surface area contributed by atoms with Gasteiger partial charge in [0.1, 0.15) is 5.82 Å². The second-order valence-corrected chi connectivity index (χ2v) is 5.65. The number of aromatic nitrogens is 1. The van der Waals surface area contributed by atoms with Gasteiger partial charge >= 0.3 is 0 Å². The largest absolute Gasteiger partial charge is 0.391 e. The Kier molecular flexibility index (Phi) is 5.66. The molecule has 0 radical (unpaired) electrons. The van der Waals surface area contributed by atoms with Crippen LogP contribution in [0.25, 0.3) is 10.9 Å². The second-order valence-electron chi connectivity index (χ2n) is 5.65. The van der Waals surface area contributed by atoms with Crippen LogP contribution < -0.4 is 5.32 Å². The van der Waals surface area contributed by atoms with Crippen molar-refractivity contribution in [1.29, 1.82) is 5.26 Å². The van der Waals surface area contributed by atoms with Gasteiger partial charge in [0.05, 0.1) is 28.2 Å². The predicted molar refractivity (Wildman–Crippen MR) is 91.7 cm³/mol. The molecule has 24 heavy (non-hydrogen) atoms. The van der Waals surface area contributed by atoms with Gasteiger partial charge in [-0.1, -0.05) is 26.7 Å². The van der Waals surface area contributed by atoms with Gasteiger partial charge in [-0.25, -0.2) is 4.98 Å². The molecule has 2 N–H and O–H groups in total. The highest BCUT2D eigenvalue weighted by Gasteiger charge is 2.16.